The first-order valence-electron chi connectivity index (χ1n) is 6.16. The quantitative estimate of drug-likeness (QED) is 0.741. The van der Waals surface area contributed by atoms with Crippen molar-refractivity contribution in [3.63, 3.8) is 0 Å². The van der Waals surface area contributed by atoms with Crippen LogP contribution in [0.5, 0.6) is 0 Å². The minimum atomic E-state index is -0.133. The van der Waals surface area contributed by atoms with Crippen LogP contribution in [-0.4, -0.2) is 18.0 Å². The Kier molecular flexibility index (Phi) is 4.12. The molecule has 0 aliphatic carbocycles. The largest absolute Gasteiger partial charge is 0.325 e. The van der Waals surface area contributed by atoms with E-state index >= 15 is 0 Å². The molecule has 1 amide bonds. The van der Waals surface area contributed by atoms with Gasteiger partial charge >= 0.3 is 0 Å². The maximum atomic E-state index is 12.0. The predicted molar refractivity (Wildman–Crippen MR) is 68.4 cm³/mol. The lowest BCUT2D eigenvalue weighted by Gasteiger charge is -2.10. The second-order valence-electron chi connectivity index (χ2n) is 4.42. The number of rotatable bonds is 4. The molecular formula is C13H19N3O. The highest BCUT2D eigenvalue weighted by atomic mass is 16.2. The summed E-state index contributed by atoms with van der Waals surface area (Å²) < 4.78 is 0. The van der Waals surface area contributed by atoms with E-state index in [1.54, 1.807) is 0 Å². The number of amides is 1. The standard InChI is InChI=1S/C13H19N3O/c1-2-6-11-9-12(16-15-11)13(17)14-10-7-4-3-5-8-10/h3-5,7-8,11-12,15-16H,2,6,9H2,1H3,(H,14,17). The van der Waals surface area contributed by atoms with E-state index in [2.05, 4.69) is 23.1 Å². The normalized spacial score (nSPS) is 23.6. The molecule has 1 aromatic rings. The highest BCUT2D eigenvalue weighted by Crippen LogP contribution is 2.12. The fourth-order valence-electron chi connectivity index (χ4n) is 2.08. The van der Waals surface area contributed by atoms with Crippen molar-refractivity contribution in [3.05, 3.63) is 30.3 Å². The van der Waals surface area contributed by atoms with Crippen molar-refractivity contribution in [2.75, 3.05) is 5.32 Å². The van der Waals surface area contributed by atoms with Crippen molar-refractivity contribution < 1.29 is 4.79 Å². The minimum Gasteiger partial charge on any atom is -0.325 e. The van der Waals surface area contributed by atoms with Crippen molar-refractivity contribution in [2.24, 2.45) is 0 Å². The maximum absolute atomic E-state index is 12.0. The first-order chi connectivity index (χ1) is 8.29. The number of carbonyl (C=O) groups excluding carboxylic acids is 1. The zero-order valence-electron chi connectivity index (χ0n) is 10.1. The molecule has 0 bridgehead atoms. The molecule has 1 heterocycles. The molecule has 0 spiro atoms. The molecule has 3 N–H and O–H groups in total. The summed E-state index contributed by atoms with van der Waals surface area (Å²) in [4.78, 5) is 12.0. The molecule has 0 saturated carbocycles. The Balaban J connectivity index is 1.85. The highest BCUT2D eigenvalue weighted by molar-refractivity contribution is 5.94. The van der Waals surface area contributed by atoms with Gasteiger partial charge < -0.3 is 5.32 Å². The van der Waals surface area contributed by atoms with Crippen LogP contribution in [0.25, 0.3) is 0 Å². The van der Waals surface area contributed by atoms with E-state index in [9.17, 15) is 4.79 Å². The molecule has 2 atom stereocenters. The molecule has 1 aromatic carbocycles. The summed E-state index contributed by atoms with van der Waals surface area (Å²) in [6.07, 6.45) is 3.08. The summed E-state index contributed by atoms with van der Waals surface area (Å²) in [5.74, 6) is 0.0299. The molecule has 1 aliphatic heterocycles. The highest BCUT2D eigenvalue weighted by Gasteiger charge is 2.28. The first-order valence-corrected chi connectivity index (χ1v) is 6.16. The van der Waals surface area contributed by atoms with Gasteiger partial charge in [0.05, 0.1) is 0 Å². The van der Waals surface area contributed by atoms with Crippen LogP contribution in [0.2, 0.25) is 0 Å². The topological polar surface area (TPSA) is 53.2 Å². The van der Waals surface area contributed by atoms with Crippen LogP contribution < -0.4 is 16.2 Å². The van der Waals surface area contributed by atoms with Gasteiger partial charge in [0, 0.05) is 11.7 Å². The number of carbonyl (C=O) groups is 1. The van der Waals surface area contributed by atoms with Crippen LogP contribution in [0.4, 0.5) is 5.69 Å². The van der Waals surface area contributed by atoms with Gasteiger partial charge in [0.25, 0.3) is 0 Å². The number of nitrogens with one attached hydrogen (secondary N) is 3. The molecule has 4 heteroatoms. The summed E-state index contributed by atoms with van der Waals surface area (Å²) in [6.45, 7) is 2.15. The van der Waals surface area contributed by atoms with E-state index in [0.29, 0.717) is 6.04 Å². The van der Waals surface area contributed by atoms with Gasteiger partial charge in [-0.3, -0.25) is 10.2 Å². The zero-order chi connectivity index (χ0) is 12.1. The van der Waals surface area contributed by atoms with Gasteiger partial charge in [0.15, 0.2) is 0 Å². The van der Waals surface area contributed by atoms with Gasteiger partial charge in [0.2, 0.25) is 5.91 Å². The molecule has 1 aliphatic rings. The number of para-hydroxylation sites is 1. The van der Waals surface area contributed by atoms with Crippen molar-refractivity contribution in [3.8, 4) is 0 Å². The number of hydrazine groups is 1. The van der Waals surface area contributed by atoms with Crippen LogP contribution in [-0.2, 0) is 4.79 Å². The van der Waals surface area contributed by atoms with Gasteiger partial charge in [-0.25, -0.2) is 5.43 Å². The van der Waals surface area contributed by atoms with Crippen LogP contribution in [0.1, 0.15) is 26.2 Å². The smallest absolute Gasteiger partial charge is 0.242 e. The average Bonchev–Trinajstić information content (AvgIpc) is 2.79. The van der Waals surface area contributed by atoms with Crippen molar-refractivity contribution in [2.45, 2.75) is 38.3 Å². The zero-order valence-corrected chi connectivity index (χ0v) is 10.1. The Morgan fingerprint density at radius 2 is 2.12 bits per heavy atom. The lowest BCUT2D eigenvalue weighted by atomic mass is 10.1. The predicted octanol–water partition coefficient (Wildman–Crippen LogP) is 1.66. The van der Waals surface area contributed by atoms with E-state index in [1.165, 1.54) is 0 Å². The third-order valence-electron chi connectivity index (χ3n) is 2.98. The van der Waals surface area contributed by atoms with Gasteiger partial charge in [-0.1, -0.05) is 31.5 Å². The molecule has 0 aromatic heterocycles. The lowest BCUT2D eigenvalue weighted by molar-refractivity contribution is -0.117. The molecule has 2 rings (SSSR count). The van der Waals surface area contributed by atoms with Crippen LogP contribution in [0, 0.1) is 0 Å². The number of hydrogen-bond acceptors (Lipinski definition) is 3. The lowest BCUT2D eigenvalue weighted by Crippen LogP contribution is -2.40. The third-order valence-corrected chi connectivity index (χ3v) is 2.98. The number of anilines is 1. The Morgan fingerprint density at radius 1 is 1.35 bits per heavy atom. The second kappa shape index (κ2) is 5.80. The average molecular weight is 233 g/mol. The summed E-state index contributed by atoms with van der Waals surface area (Å²) in [7, 11) is 0. The summed E-state index contributed by atoms with van der Waals surface area (Å²) in [5, 5.41) is 2.91. The monoisotopic (exact) mass is 233 g/mol. The summed E-state index contributed by atoms with van der Waals surface area (Å²) in [6, 6.07) is 9.82. The molecule has 92 valence electrons. The fraction of sp³-hybridized carbons (Fsp3) is 0.462. The van der Waals surface area contributed by atoms with E-state index < -0.39 is 0 Å². The molecule has 4 nitrogen and oxygen atoms in total. The van der Waals surface area contributed by atoms with Crippen molar-refractivity contribution in [1.29, 1.82) is 0 Å². The molecule has 1 fully saturated rings. The van der Waals surface area contributed by atoms with Gasteiger partial charge in [-0.15, -0.1) is 0 Å². The first kappa shape index (κ1) is 12.1. The minimum absolute atomic E-state index is 0.0299. The van der Waals surface area contributed by atoms with Gasteiger partial charge in [-0.2, -0.15) is 0 Å². The van der Waals surface area contributed by atoms with E-state index in [-0.39, 0.29) is 11.9 Å². The number of hydrogen-bond donors (Lipinski definition) is 3. The van der Waals surface area contributed by atoms with E-state index in [0.717, 1.165) is 24.9 Å². The Hall–Kier alpha value is -1.39. The van der Waals surface area contributed by atoms with Crippen LogP contribution >= 0.6 is 0 Å². The fourth-order valence-corrected chi connectivity index (χ4v) is 2.08. The summed E-state index contributed by atoms with van der Waals surface area (Å²) >= 11 is 0. The van der Waals surface area contributed by atoms with Gasteiger partial charge in [0.1, 0.15) is 6.04 Å². The number of benzene rings is 1. The van der Waals surface area contributed by atoms with Crippen molar-refractivity contribution in [1.82, 2.24) is 10.9 Å². The SMILES string of the molecule is CCCC1CC(C(=O)Nc2ccccc2)NN1. The Bertz CT molecular complexity index is 366. The third kappa shape index (κ3) is 3.28. The molecule has 1 saturated heterocycles. The Labute approximate surface area is 102 Å². The van der Waals surface area contributed by atoms with E-state index in [1.807, 2.05) is 30.3 Å². The maximum Gasteiger partial charge on any atom is 0.242 e. The van der Waals surface area contributed by atoms with Crippen LogP contribution in [0.15, 0.2) is 30.3 Å². The van der Waals surface area contributed by atoms with E-state index in [4.69, 9.17) is 0 Å². The summed E-state index contributed by atoms with van der Waals surface area (Å²) in [5.41, 5.74) is 7.06. The molecule has 17 heavy (non-hydrogen) atoms. The second-order valence-corrected chi connectivity index (χ2v) is 4.42. The molecule has 0 radical (unpaired) electrons. The van der Waals surface area contributed by atoms with Crippen LogP contribution in [0.3, 0.4) is 0 Å². The van der Waals surface area contributed by atoms with Crippen molar-refractivity contribution >= 4 is 11.6 Å². The van der Waals surface area contributed by atoms with Gasteiger partial charge in [-0.05, 0) is 25.0 Å². The molecular weight excluding hydrogens is 214 g/mol. The Morgan fingerprint density at radius 3 is 2.82 bits per heavy atom. The molecule has 2 unspecified atom stereocenters.